The standard InChI is InChI=1S/C21H20ClN3O4S/c1-14-16-6-2-3-7-17(16)21(27)25(14)13-20(26)23-15-8-9-18(22)19(12-15)30(28,29)24-10-4-5-11-24/h2-3,6-9,12H,1,4-5,10-11,13H2,(H,23,26). The van der Waals surface area contributed by atoms with Crippen LogP contribution in [-0.4, -0.2) is 49.1 Å². The first-order chi connectivity index (χ1) is 14.3. The molecule has 2 aliphatic heterocycles. The number of carbonyl (C=O) groups is 2. The van der Waals surface area contributed by atoms with E-state index in [2.05, 4.69) is 11.9 Å². The molecular weight excluding hydrogens is 426 g/mol. The zero-order valence-electron chi connectivity index (χ0n) is 16.1. The fourth-order valence-corrected chi connectivity index (χ4v) is 5.71. The summed E-state index contributed by atoms with van der Waals surface area (Å²) >= 11 is 6.14. The van der Waals surface area contributed by atoms with Gasteiger partial charge in [-0.15, -0.1) is 0 Å². The summed E-state index contributed by atoms with van der Waals surface area (Å²) in [5.74, 6) is -0.761. The van der Waals surface area contributed by atoms with Crippen molar-refractivity contribution in [3.63, 3.8) is 0 Å². The van der Waals surface area contributed by atoms with Gasteiger partial charge in [-0.3, -0.25) is 14.5 Å². The van der Waals surface area contributed by atoms with E-state index in [-0.39, 0.29) is 28.1 Å². The quantitative estimate of drug-likeness (QED) is 0.765. The second-order valence-electron chi connectivity index (χ2n) is 7.19. The van der Waals surface area contributed by atoms with Crippen molar-refractivity contribution in [1.29, 1.82) is 0 Å². The zero-order chi connectivity index (χ0) is 21.5. The molecule has 1 saturated heterocycles. The van der Waals surface area contributed by atoms with Gasteiger partial charge in [0.15, 0.2) is 0 Å². The minimum Gasteiger partial charge on any atom is -0.324 e. The van der Waals surface area contributed by atoms with E-state index in [1.807, 2.05) is 0 Å². The van der Waals surface area contributed by atoms with Crippen LogP contribution in [-0.2, 0) is 14.8 Å². The number of rotatable bonds is 5. The Bertz CT molecular complexity index is 1120. The molecule has 156 valence electrons. The highest BCUT2D eigenvalue weighted by Gasteiger charge is 2.32. The molecule has 1 fully saturated rings. The van der Waals surface area contributed by atoms with E-state index in [1.165, 1.54) is 27.4 Å². The lowest BCUT2D eigenvalue weighted by Crippen LogP contribution is -2.33. The fraction of sp³-hybridized carbons (Fsp3) is 0.238. The Morgan fingerprint density at radius 1 is 1.10 bits per heavy atom. The third-order valence-electron chi connectivity index (χ3n) is 5.24. The van der Waals surface area contributed by atoms with Gasteiger partial charge in [-0.1, -0.05) is 36.4 Å². The number of benzene rings is 2. The van der Waals surface area contributed by atoms with E-state index < -0.39 is 15.9 Å². The number of nitrogens with zero attached hydrogens (tertiary/aromatic N) is 2. The normalized spacial score (nSPS) is 16.8. The molecular formula is C21H20ClN3O4S. The number of halogens is 1. The lowest BCUT2D eigenvalue weighted by molar-refractivity contribution is -0.116. The summed E-state index contributed by atoms with van der Waals surface area (Å²) in [4.78, 5) is 26.4. The Balaban J connectivity index is 1.51. The number of anilines is 1. The van der Waals surface area contributed by atoms with Crippen LogP contribution < -0.4 is 5.32 Å². The highest BCUT2D eigenvalue weighted by atomic mass is 35.5. The van der Waals surface area contributed by atoms with Gasteiger partial charge in [0, 0.05) is 35.6 Å². The predicted molar refractivity (Wildman–Crippen MR) is 115 cm³/mol. The number of carbonyl (C=O) groups excluding carboxylic acids is 2. The van der Waals surface area contributed by atoms with E-state index in [0.29, 0.717) is 29.9 Å². The summed E-state index contributed by atoms with van der Waals surface area (Å²) in [5, 5.41) is 2.75. The van der Waals surface area contributed by atoms with E-state index >= 15 is 0 Å². The molecule has 2 aromatic carbocycles. The van der Waals surface area contributed by atoms with Crippen LogP contribution in [0.1, 0.15) is 28.8 Å². The molecule has 7 nitrogen and oxygen atoms in total. The van der Waals surface area contributed by atoms with Crippen LogP contribution in [0.15, 0.2) is 53.9 Å². The Kier molecular flexibility index (Phi) is 5.40. The van der Waals surface area contributed by atoms with Crippen molar-refractivity contribution < 1.29 is 18.0 Å². The van der Waals surface area contributed by atoms with E-state index in [9.17, 15) is 18.0 Å². The van der Waals surface area contributed by atoms with Crippen LogP contribution in [0.25, 0.3) is 5.70 Å². The average molecular weight is 446 g/mol. The van der Waals surface area contributed by atoms with Gasteiger partial charge in [-0.05, 0) is 37.1 Å². The molecule has 2 amide bonds. The van der Waals surface area contributed by atoms with Crippen molar-refractivity contribution in [2.24, 2.45) is 0 Å². The van der Waals surface area contributed by atoms with Crippen molar-refractivity contribution in [2.75, 3.05) is 25.0 Å². The molecule has 0 atom stereocenters. The number of fused-ring (bicyclic) bond motifs is 1. The van der Waals surface area contributed by atoms with Crippen LogP contribution in [0.5, 0.6) is 0 Å². The number of amides is 2. The largest absolute Gasteiger partial charge is 0.324 e. The Hall–Kier alpha value is -2.68. The van der Waals surface area contributed by atoms with Gasteiger partial charge in [0.1, 0.15) is 11.4 Å². The summed E-state index contributed by atoms with van der Waals surface area (Å²) in [7, 11) is -3.73. The lowest BCUT2D eigenvalue weighted by Gasteiger charge is -2.19. The second kappa shape index (κ2) is 7.86. The minimum absolute atomic E-state index is 0.0436. The monoisotopic (exact) mass is 445 g/mol. The van der Waals surface area contributed by atoms with Crippen molar-refractivity contribution >= 4 is 44.8 Å². The first-order valence-electron chi connectivity index (χ1n) is 9.49. The fourth-order valence-electron chi connectivity index (χ4n) is 3.69. The Morgan fingerprint density at radius 3 is 2.43 bits per heavy atom. The molecule has 2 heterocycles. The molecule has 9 heteroatoms. The van der Waals surface area contributed by atoms with Gasteiger partial charge in [0.25, 0.3) is 5.91 Å². The first kappa shape index (κ1) is 20.6. The highest BCUT2D eigenvalue weighted by Crippen LogP contribution is 2.32. The highest BCUT2D eigenvalue weighted by molar-refractivity contribution is 7.89. The molecule has 0 saturated carbocycles. The van der Waals surface area contributed by atoms with Crippen LogP contribution in [0.3, 0.4) is 0 Å². The zero-order valence-corrected chi connectivity index (χ0v) is 17.7. The summed E-state index contributed by atoms with van der Waals surface area (Å²) in [6.45, 7) is 4.59. The van der Waals surface area contributed by atoms with Gasteiger partial charge in [0.05, 0.1) is 5.02 Å². The summed E-state index contributed by atoms with van der Waals surface area (Å²) < 4.78 is 27.1. The third kappa shape index (κ3) is 3.62. The van der Waals surface area contributed by atoms with Gasteiger partial charge in [-0.25, -0.2) is 8.42 Å². The molecule has 0 unspecified atom stereocenters. The smallest absolute Gasteiger partial charge is 0.259 e. The van der Waals surface area contributed by atoms with Crippen molar-refractivity contribution in [3.05, 3.63) is 65.2 Å². The molecule has 4 rings (SSSR count). The van der Waals surface area contributed by atoms with Crippen LogP contribution >= 0.6 is 11.6 Å². The van der Waals surface area contributed by atoms with Crippen molar-refractivity contribution in [1.82, 2.24) is 9.21 Å². The van der Waals surface area contributed by atoms with Gasteiger partial charge < -0.3 is 5.32 Å². The maximum absolute atomic E-state index is 12.8. The molecule has 0 aromatic heterocycles. The molecule has 0 spiro atoms. The van der Waals surface area contributed by atoms with Crippen LogP contribution in [0.2, 0.25) is 5.02 Å². The van der Waals surface area contributed by atoms with Crippen LogP contribution in [0.4, 0.5) is 5.69 Å². The molecule has 0 bridgehead atoms. The van der Waals surface area contributed by atoms with E-state index in [4.69, 9.17) is 11.6 Å². The number of hydrogen-bond acceptors (Lipinski definition) is 4. The SMILES string of the molecule is C=C1c2ccccc2C(=O)N1CC(=O)Nc1ccc(Cl)c(S(=O)(=O)N2CCCC2)c1. The molecule has 0 aliphatic carbocycles. The summed E-state index contributed by atoms with van der Waals surface area (Å²) in [6.07, 6.45) is 1.62. The molecule has 0 radical (unpaired) electrons. The van der Waals surface area contributed by atoms with Gasteiger partial charge in [0.2, 0.25) is 15.9 Å². The first-order valence-corrected chi connectivity index (χ1v) is 11.3. The third-order valence-corrected chi connectivity index (χ3v) is 7.62. The molecule has 2 aromatic rings. The topological polar surface area (TPSA) is 86.8 Å². The van der Waals surface area contributed by atoms with Gasteiger partial charge in [-0.2, -0.15) is 4.31 Å². The molecule has 1 N–H and O–H groups in total. The Morgan fingerprint density at radius 2 is 1.77 bits per heavy atom. The van der Waals surface area contributed by atoms with E-state index in [1.54, 1.807) is 24.3 Å². The summed E-state index contributed by atoms with van der Waals surface area (Å²) in [5.41, 5.74) is 1.94. The molecule has 2 aliphatic rings. The number of hydrogen-bond donors (Lipinski definition) is 1. The number of nitrogens with one attached hydrogen (secondary N) is 1. The summed E-state index contributed by atoms with van der Waals surface area (Å²) in [6, 6.07) is 11.3. The minimum atomic E-state index is -3.73. The average Bonchev–Trinajstić information content (AvgIpc) is 3.34. The maximum atomic E-state index is 12.8. The number of sulfonamides is 1. The second-order valence-corrected chi connectivity index (χ2v) is 9.50. The lowest BCUT2D eigenvalue weighted by atomic mass is 10.1. The maximum Gasteiger partial charge on any atom is 0.259 e. The van der Waals surface area contributed by atoms with E-state index in [0.717, 1.165) is 12.8 Å². The van der Waals surface area contributed by atoms with Crippen molar-refractivity contribution in [3.8, 4) is 0 Å². The Labute approximate surface area is 180 Å². The predicted octanol–water partition coefficient (Wildman–Crippen LogP) is 3.19. The van der Waals surface area contributed by atoms with Crippen molar-refractivity contribution in [2.45, 2.75) is 17.7 Å². The van der Waals surface area contributed by atoms with Gasteiger partial charge >= 0.3 is 0 Å². The van der Waals surface area contributed by atoms with Crippen LogP contribution in [0, 0.1) is 0 Å². The molecule has 30 heavy (non-hydrogen) atoms.